The predicted molar refractivity (Wildman–Crippen MR) is 80.9 cm³/mol. The maximum Gasteiger partial charge on any atom is 0.0205 e. The van der Waals surface area contributed by atoms with Crippen molar-refractivity contribution in [2.75, 3.05) is 6.54 Å². The van der Waals surface area contributed by atoms with E-state index in [1.165, 1.54) is 56.1 Å². The SMILES string of the molecule is CCCCCCCCCNCc1cccc(C)c1. The van der Waals surface area contributed by atoms with Crippen LogP contribution >= 0.6 is 0 Å². The Morgan fingerprint density at radius 1 is 0.944 bits per heavy atom. The van der Waals surface area contributed by atoms with Crippen LogP contribution in [0.1, 0.15) is 63.0 Å². The summed E-state index contributed by atoms with van der Waals surface area (Å²) in [6.45, 7) is 6.59. The number of aryl methyl sites for hydroxylation is 1. The van der Waals surface area contributed by atoms with Gasteiger partial charge in [0.1, 0.15) is 0 Å². The van der Waals surface area contributed by atoms with Crippen molar-refractivity contribution in [1.82, 2.24) is 5.32 Å². The van der Waals surface area contributed by atoms with E-state index in [1.54, 1.807) is 0 Å². The normalized spacial score (nSPS) is 10.8. The molecule has 0 radical (unpaired) electrons. The fourth-order valence-corrected chi connectivity index (χ4v) is 2.26. The molecule has 0 spiro atoms. The van der Waals surface area contributed by atoms with Crippen molar-refractivity contribution in [3.05, 3.63) is 35.4 Å². The first-order valence-electron chi connectivity index (χ1n) is 7.59. The largest absolute Gasteiger partial charge is 0.313 e. The molecular formula is C17H29N. The standard InChI is InChI=1S/C17H29N/c1-3-4-5-6-7-8-9-13-18-15-17-12-10-11-16(2)14-17/h10-12,14,18H,3-9,13,15H2,1-2H3. The summed E-state index contributed by atoms with van der Waals surface area (Å²) in [5.74, 6) is 0. The quantitative estimate of drug-likeness (QED) is 0.584. The molecule has 1 nitrogen and oxygen atoms in total. The van der Waals surface area contributed by atoms with E-state index in [0.29, 0.717) is 0 Å². The second-order valence-electron chi connectivity index (χ2n) is 5.29. The molecule has 0 aliphatic carbocycles. The summed E-state index contributed by atoms with van der Waals surface area (Å²) in [4.78, 5) is 0. The monoisotopic (exact) mass is 247 g/mol. The fraction of sp³-hybridized carbons (Fsp3) is 0.647. The minimum Gasteiger partial charge on any atom is -0.313 e. The third-order valence-electron chi connectivity index (χ3n) is 3.37. The van der Waals surface area contributed by atoms with Crippen molar-refractivity contribution in [2.24, 2.45) is 0 Å². The third-order valence-corrected chi connectivity index (χ3v) is 3.37. The van der Waals surface area contributed by atoms with E-state index >= 15 is 0 Å². The molecule has 0 unspecified atom stereocenters. The van der Waals surface area contributed by atoms with Crippen LogP contribution in [0.25, 0.3) is 0 Å². The first kappa shape index (κ1) is 15.2. The van der Waals surface area contributed by atoms with Crippen molar-refractivity contribution in [1.29, 1.82) is 0 Å². The zero-order valence-electron chi connectivity index (χ0n) is 12.2. The van der Waals surface area contributed by atoms with Gasteiger partial charge in [-0.15, -0.1) is 0 Å². The van der Waals surface area contributed by atoms with Gasteiger partial charge in [0.05, 0.1) is 0 Å². The van der Waals surface area contributed by atoms with Gasteiger partial charge >= 0.3 is 0 Å². The summed E-state index contributed by atoms with van der Waals surface area (Å²) in [7, 11) is 0. The number of nitrogens with one attached hydrogen (secondary N) is 1. The topological polar surface area (TPSA) is 12.0 Å². The van der Waals surface area contributed by atoms with Crippen LogP contribution in [0, 0.1) is 6.92 Å². The summed E-state index contributed by atoms with van der Waals surface area (Å²) in [5.41, 5.74) is 2.75. The van der Waals surface area contributed by atoms with E-state index in [1.807, 2.05) is 0 Å². The molecule has 1 aromatic carbocycles. The molecule has 0 saturated heterocycles. The summed E-state index contributed by atoms with van der Waals surface area (Å²) in [5, 5.41) is 3.53. The average Bonchev–Trinajstić information content (AvgIpc) is 2.37. The van der Waals surface area contributed by atoms with Crippen molar-refractivity contribution >= 4 is 0 Å². The lowest BCUT2D eigenvalue weighted by atomic mass is 10.1. The smallest absolute Gasteiger partial charge is 0.0205 e. The molecule has 1 aromatic rings. The summed E-state index contributed by atoms with van der Waals surface area (Å²) < 4.78 is 0. The Labute approximate surface area is 113 Å². The van der Waals surface area contributed by atoms with Gasteiger partial charge in [0.15, 0.2) is 0 Å². The molecule has 0 bridgehead atoms. The van der Waals surface area contributed by atoms with Gasteiger partial charge < -0.3 is 5.32 Å². The molecular weight excluding hydrogens is 218 g/mol. The van der Waals surface area contributed by atoms with Gasteiger partial charge in [-0.05, 0) is 25.5 Å². The Morgan fingerprint density at radius 3 is 2.39 bits per heavy atom. The van der Waals surface area contributed by atoms with Crippen molar-refractivity contribution in [3.63, 3.8) is 0 Å². The summed E-state index contributed by atoms with van der Waals surface area (Å²) in [6.07, 6.45) is 9.71. The second kappa shape index (κ2) is 10.1. The highest BCUT2D eigenvalue weighted by atomic mass is 14.8. The molecule has 0 amide bonds. The molecule has 0 atom stereocenters. The molecule has 1 N–H and O–H groups in total. The second-order valence-corrected chi connectivity index (χ2v) is 5.29. The van der Waals surface area contributed by atoms with Crippen LogP contribution in [0.15, 0.2) is 24.3 Å². The molecule has 18 heavy (non-hydrogen) atoms. The highest BCUT2D eigenvalue weighted by Crippen LogP contribution is 2.07. The van der Waals surface area contributed by atoms with Crippen LogP contribution in [-0.4, -0.2) is 6.54 Å². The first-order chi connectivity index (χ1) is 8.83. The molecule has 0 aliphatic heterocycles. The minimum atomic E-state index is 1.01. The molecule has 0 saturated carbocycles. The van der Waals surface area contributed by atoms with Crippen molar-refractivity contribution in [3.8, 4) is 0 Å². The van der Waals surface area contributed by atoms with E-state index in [9.17, 15) is 0 Å². The average molecular weight is 247 g/mol. The highest BCUT2D eigenvalue weighted by molar-refractivity contribution is 5.21. The fourth-order valence-electron chi connectivity index (χ4n) is 2.26. The molecule has 0 fully saturated rings. The number of benzene rings is 1. The number of hydrogen-bond donors (Lipinski definition) is 1. The van der Waals surface area contributed by atoms with Crippen LogP contribution in [0.5, 0.6) is 0 Å². The lowest BCUT2D eigenvalue weighted by molar-refractivity contribution is 0.562. The van der Waals surface area contributed by atoms with Crippen molar-refractivity contribution in [2.45, 2.75) is 65.3 Å². The first-order valence-corrected chi connectivity index (χ1v) is 7.59. The molecule has 102 valence electrons. The summed E-state index contributed by atoms with van der Waals surface area (Å²) >= 11 is 0. The Balaban J connectivity index is 1.92. The van der Waals surface area contributed by atoms with Gasteiger partial charge in [-0.2, -0.15) is 0 Å². The van der Waals surface area contributed by atoms with Gasteiger partial charge in [-0.3, -0.25) is 0 Å². The van der Waals surface area contributed by atoms with Crippen molar-refractivity contribution < 1.29 is 0 Å². The van der Waals surface area contributed by atoms with Gasteiger partial charge in [-0.1, -0.05) is 75.3 Å². The maximum absolute atomic E-state index is 3.53. The van der Waals surface area contributed by atoms with Crippen LogP contribution in [0.3, 0.4) is 0 Å². The van der Waals surface area contributed by atoms with Crippen LogP contribution in [0.2, 0.25) is 0 Å². The van der Waals surface area contributed by atoms with E-state index in [4.69, 9.17) is 0 Å². The number of unbranched alkanes of at least 4 members (excludes halogenated alkanes) is 6. The molecule has 1 rings (SSSR count). The minimum absolute atomic E-state index is 1.01. The lowest BCUT2D eigenvalue weighted by Crippen LogP contribution is -2.14. The Kier molecular flexibility index (Phi) is 8.58. The van der Waals surface area contributed by atoms with Gasteiger partial charge in [0, 0.05) is 6.54 Å². The Morgan fingerprint density at radius 2 is 1.67 bits per heavy atom. The van der Waals surface area contributed by atoms with E-state index in [2.05, 4.69) is 43.4 Å². The number of rotatable bonds is 10. The zero-order chi connectivity index (χ0) is 13.1. The third kappa shape index (κ3) is 7.50. The number of hydrogen-bond acceptors (Lipinski definition) is 1. The van der Waals surface area contributed by atoms with Crippen LogP contribution < -0.4 is 5.32 Å². The van der Waals surface area contributed by atoms with Gasteiger partial charge in [0.2, 0.25) is 0 Å². The highest BCUT2D eigenvalue weighted by Gasteiger charge is 1.94. The van der Waals surface area contributed by atoms with E-state index < -0.39 is 0 Å². The zero-order valence-corrected chi connectivity index (χ0v) is 12.2. The Hall–Kier alpha value is -0.820. The lowest BCUT2D eigenvalue weighted by Gasteiger charge is -2.05. The molecule has 0 heterocycles. The van der Waals surface area contributed by atoms with Crippen LogP contribution in [0.4, 0.5) is 0 Å². The van der Waals surface area contributed by atoms with E-state index in [-0.39, 0.29) is 0 Å². The van der Waals surface area contributed by atoms with Crippen LogP contribution in [-0.2, 0) is 6.54 Å². The molecule has 0 aromatic heterocycles. The van der Waals surface area contributed by atoms with Gasteiger partial charge in [-0.25, -0.2) is 0 Å². The maximum atomic E-state index is 3.53. The van der Waals surface area contributed by atoms with Gasteiger partial charge in [0.25, 0.3) is 0 Å². The van der Waals surface area contributed by atoms with E-state index in [0.717, 1.165) is 13.1 Å². The predicted octanol–water partition coefficient (Wildman–Crippen LogP) is 4.84. The summed E-state index contributed by atoms with van der Waals surface area (Å²) in [6, 6.07) is 8.75. The Bertz CT molecular complexity index is 306. The molecule has 0 aliphatic rings. The molecule has 1 heteroatoms.